The summed E-state index contributed by atoms with van der Waals surface area (Å²) in [4.78, 5) is 3.40. The van der Waals surface area contributed by atoms with Crippen molar-refractivity contribution in [2.45, 2.75) is 38.4 Å². The summed E-state index contributed by atoms with van der Waals surface area (Å²) < 4.78 is 5.55. The lowest BCUT2D eigenvalue weighted by Gasteiger charge is -2.34. The van der Waals surface area contributed by atoms with Crippen molar-refractivity contribution >= 4 is 0 Å². The van der Waals surface area contributed by atoms with Gasteiger partial charge in [0, 0.05) is 24.8 Å². The highest BCUT2D eigenvalue weighted by molar-refractivity contribution is 5.15. The third-order valence-corrected chi connectivity index (χ3v) is 6.13. The van der Waals surface area contributed by atoms with Gasteiger partial charge in [0.15, 0.2) is 5.76 Å². The summed E-state index contributed by atoms with van der Waals surface area (Å²) in [7, 11) is 0. The summed E-state index contributed by atoms with van der Waals surface area (Å²) in [5.74, 6) is 1.12. The number of piperidine rings is 1. The maximum atomic E-state index is 5.55. The second-order valence-corrected chi connectivity index (χ2v) is 8.09. The van der Waals surface area contributed by atoms with E-state index in [9.17, 15) is 0 Å². The Hall–Kier alpha value is -2.36. The molecule has 1 unspecified atom stereocenters. The van der Waals surface area contributed by atoms with Gasteiger partial charge in [-0.1, -0.05) is 60.7 Å². The van der Waals surface area contributed by atoms with Gasteiger partial charge in [-0.15, -0.1) is 0 Å². The van der Waals surface area contributed by atoms with Crippen molar-refractivity contribution in [2.24, 2.45) is 0 Å². The Labute approximate surface area is 168 Å². The van der Waals surface area contributed by atoms with E-state index in [1.807, 2.05) is 6.07 Å². The number of nitrogens with one attached hydrogen (secondary N) is 2. The Bertz CT molecular complexity index is 793. The molecule has 4 rings (SSSR count). The molecular formula is C25H32N2O+2. The Kier molecular flexibility index (Phi) is 6.59. The van der Waals surface area contributed by atoms with Crippen LogP contribution in [-0.4, -0.2) is 25.7 Å². The number of rotatable bonds is 8. The minimum Gasteiger partial charge on any atom is -0.463 e. The van der Waals surface area contributed by atoms with E-state index < -0.39 is 0 Å². The highest BCUT2D eigenvalue weighted by Gasteiger charge is 2.30. The van der Waals surface area contributed by atoms with Gasteiger partial charge in [-0.3, -0.25) is 0 Å². The van der Waals surface area contributed by atoms with Crippen LogP contribution < -0.4 is 9.80 Å². The first-order chi connectivity index (χ1) is 13.9. The molecule has 28 heavy (non-hydrogen) atoms. The molecule has 1 fully saturated rings. The molecule has 0 bridgehead atoms. The average Bonchev–Trinajstić information content (AvgIpc) is 3.26. The van der Waals surface area contributed by atoms with Gasteiger partial charge in [0.05, 0.1) is 31.9 Å². The van der Waals surface area contributed by atoms with Crippen LogP contribution in [0, 0.1) is 0 Å². The summed E-state index contributed by atoms with van der Waals surface area (Å²) in [5.41, 5.74) is 2.91. The summed E-state index contributed by atoms with van der Waals surface area (Å²) in [6.45, 7) is 5.85. The van der Waals surface area contributed by atoms with E-state index in [-0.39, 0.29) is 0 Å². The molecule has 1 saturated heterocycles. The molecule has 0 aliphatic carbocycles. The lowest BCUT2D eigenvalue weighted by molar-refractivity contribution is -0.971. The van der Waals surface area contributed by atoms with E-state index in [2.05, 4.69) is 66.7 Å². The molecule has 146 valence electrons. The van der Waals surface area contributed by atoms with Gasteiger partial charge in [0.1, 0.15) is 13.1 Å². The number of likely N-dealkylation sites (tertiary alicyclic amines) is 1. The molecule has 0 spiro atoms. The maximum absolute atomic E-state index is 5.55. The Morgan fingerprint density at radius 1 is 0.821 bits per heavy atom. The fraction of sp³-hybridized carbons (Fsp3) is 0.360. The van der Waals surface area contributed by atoms with Crippen molar-refractivity contribution in [1.29, 1.82) is 0 Å². The van der Waals surface area contributed by atoms with E-state index >= 15 is 0 Å². The second kappa shape index (κ2) is 9.72. The first-order valence-electron chi connectivity index (χ1n) is 10.7. The molecule has 1 aliphatic heterocycles. The molecule has 1 aliphatic rings. The number of benzene rings is 2. The zero-order valence-electron chi connectivity index (χ0n) is 16.6. The van der Waals surface area contributed by atoms with Crippen molar-refractivity contribution < 1.29 is 14.2 Å². The lowest BCUT2D eigenvalue weighted by Crippen LogP contribution is -3.19. The first kappa shape index (κ1) is 19.0. The van der Waals surface area contributed by atoms with Gasteiger partial charge in [-0.2, -0.15) is 0 Å². The van der Waals surface area contributed by atoms with Crippen LogP contribution in [0.25, 0.3) is 0 Å². The van der Waals surface area contributed by atoms with Gasteiger partial charge in [-0.25, -0.2) is 0 Å². The third kappa shape index (κ3) is 5.34. The minimum absolute atomic E-state index is 0.754. The molecule has 2 aromatic carbocycles. The molecule has 3 aromatic rings. The number of quaternary nitrogens is 2. The molecule has 1 aromatic heterocycles. The van der Waals surface area contributed by atoms with Gasteiger partial charge < -0.3 is 14.2 Å². The lowest BCUT2D eigenvalue weighted by atomic mass is 10.0. The van der Waals surface area contributed by atoms with Crippen LogP contribution in [0.15, 0.2) is 83.5 Å². The predicted molar refractivity (Wildman–Crippen MR) is 112 cm³/mol. The molecular weight excluding hydrogens is 344 g/mol. The maximum Gasteiger partial charge on any atom is 0.157 e. The highest BCUT2D eigenvalue weighted by Crippen LogP contribution is 2.04. The molecule has 2 N–H and O–H groups in total. The Morgan fingerprint density at radius 3 is 2.14 bits per heavy atom. The molecule has 0 saturated carbocycles. The minimum atomic E-state index is 0.754. The van der Waals surface area contributed by atoms with Crippen LogP contribution in [0.1, 0.15) is 29.7 Å². The standard InChI is InChI=1S/C25H30N2O/c1-3-8-22(9-4-1)13-18-27(20-23-10-5-2-6-11-23)24-14-16-26(17-15-24)21-25-12-7-19-28-25/h1-12,19,24H,13-18,20-21H2/p+2. The summed E-state index contributed by atoms with van der Waals surface area (Å²) in [6.07, 6.45) is 5.54. The number of furan rings is 1. The highest BCUT2D eigenvalue weighted by atomic mass is 16.3. The van der Waals surface area contributed by atoms with Gasteiger partial charge in [0.2, 0.25) is 0 Å². The van der Waals surface area contributed by atoms with Crippen LogP contribution >= 0.6 is 0 Å². The fourth-order valence-corrected chi connectivity index (χ4v) is 4.52. The van der Waals surface area contributed by atoms with E-state index in [0.717, 1.165) is 31.3 Å². The molecule has 3 nitrogen and oxygen atoms in total. The predicted octanol–water partition coefficient (Wildman–Crippen LogP) is 2.15. The van der Waals surface area contributed by atoms with Crippen molar-refractivity contribution in [3.05, 3.63) is 95.9 Å². The molecule has 0 amide bonds. The zero-order chi connectivity index (χ0) is 19.0. The first-order valence-corrected chi connectivity index (χ1v) is 10.7. The normalized spacial score (nSPS) is 20.7. The quantitative estimate of drug-likeness (QED) is 0.618. The average molecular weight is 377 g/mol. The fourth-order valence-electron chi connectivity index (χ4n) is 4.52. The van der Waals surface area contributed by atoms with E-state index in [1.165, 1.54) is 43.6 Å². The Morgan fingerprint density at radius 2 is 1.50 bits per heavy atom. The zero-order valence-corrected chi connectivity index (χ0v) is 16.6. The molecule has 2 heterocycles. The van der Waals surface area contributed by atoms with E-state index in [4.69, 9.17) is 4.42 Å². The van der Waals surface area contributed by atoms with Crippen LogP contribution in [0.4, 0.5) is 0 Å². The SMILES string of the molecule is c1ccc(CC[NH+](Cc2ccccc2)C2CC[NH+](Cc3ccco3)CC2)cc1. The Balaban J connectivity index is 1.37. The van der Waals surface area contributed by atoms with Crippen LogP contribution in [-0.2, 0) is 19.5 Å². The van der Waals surface area contributed by atoms with E-state index in [1.54, 1.807) is 16.1 Å². The van der Waals surface area contributed by atoms with Gasteiger partial charge in [0.25, 0.3) is 0 Å². The van der Waals surface area contributed by atoms with Crippen molar-refractivity contribution in [3.8, 4) is 0 Å². The van der Waals surface area contributed by atoms with Gasteiger partial charge in [-0.05, 0) is 17.7 Å². The van der Waals surface area contributed by atoms with E-state index in [0.29, 0.717) is 0 Å². The van der Waals surface area contributed by atoms with Crippen LogP contribution in [0.2, 0.25) is 0 Å². The molecule has 3 heteroatoms. The summed E-state index contributed by atoms with van der Waals surface area (Å²) in [6, 6.07) is 26.8. The van der Waals surface area contributed by atoms with Gasteiger partial charge >= 0.3 is 0 Å². The third-order valence-electron chi connectivity index (χ3n) is 6.13. The monoisotopic (exact) mass is 376 g/mol. The number of hydrogen-bond donors (Lipinski definition) is 2. The largest absolute Gasteiger partial charge is 0.463 e. The van der Waals surface area contributed by atoms with Crippen LogP contribution in [0.5, 0.6) is 0 Å². The smallest absolute Gasteiger partial charge is 0.157 e. The van der Waals surface area contributed by atoms with Crippen LogP contribution in [0.3, 0.4) is 0 Å². The topological polar surface area (TPSA) is 22.0 Å². The van der Waals surface area contributed by atoms with Crippen molar-refractivity contribution in [3.63, 3.8) is 0 Å². The summed E-state index contributed by atoms with van der Waals surface area (Å²) >= 11 is 0. The van der Waals surface area contributed by atoms with Crippen molar-refractivity contribution in [1.82, 2.24) is 0 Å². The number of hydrogen-bond acceptors (Lipinski definition) is 1. The molecule has 0 radical (unpaired) electrons. The summed E-state index contributed by atoms with van der Waals surface area (Å²) in [5, 5.41) is 0. The molecule has 1 atom stereocenters. The second-order valence-electron chi connectivity index (χ2n) is 8.09. The van der Waals surface area contributed by atoms with Crippen molar-refractivity contribution in [2.75, 3.05) is 19.6 Å².